The fourth-order valence-corrected chi connectivity index (χ4v) is 3.21. The van der Waals surface area contributed by atoms with Crippen molar-refractivity contribution in [3.8, 4) is 0 Å². The summed E-state index contributed by atoms with van der Waals surface area (Å²) in [5.41, 5.74) is 7.85. The molecule has 0 atom stereocenters. The Kier molecular flexibility index (Phi) is 6.03. The van der Waals surface area contributed by atoms with Crippen LogP contribution in [0.1, 0.15) is 41.7 Å². The molecule has 0 aliphatic heterocycles. The number of benzene rings is 1. The topological polar surface area (TPSA) is 109 Å². The van der Waals surface area contributed by atoms with Crippen molar-refractivity contribution in [2.24, 2.45) is 5.73 Å². The summed E-state index contributed by atoms with van der Waals surface area (Å²) in [6, 6.07) is 12.3. The second-order valence-corrected chi connectivity index (χ2v) is 6.98. The Hall–Kier alpha value is -2.93. The molecular weight excluding hydrogens is 342 g/mol. The van der Waals surface area contributed by atoms with Crippen molar-refractivity contribution in [2.75, 3.05) is 11.9 Å². The smallest absolute Gasteiger partial charge is 0.315 e. The summed E-state index contributed by atoms with van der Waals surface area (Å²) in [6.07, 6.45) is 5.72. The van der Waals surface area contributed by atoms with E-state index in [1.807, 2.05) is 18.2 Å². The summed E-state index contributed by atoms with van der Waals surface area (Å²) in [7, 11) is 0. The molecule has 1 heterocycles. The van der Waals surface area contributed by atoms with Crippen LogP contribution in [0.25, 0.3) is 0 Å². The van der Waals surface area contributed by atoms with Crippen molar-refractivity contribution in [1.82, 2.24) is 15.6 Å². The van der Waals surface area contributed by atoms with Crippen LogP contribution in [-0.2, 0) is 6.54 Å². The number of nitrogens with two attached hydrogens (primary N) is 1. The van der Waals surface area contributed by atoms with Crippen LogP contribution in [0.5, 0.6) is 0 Å². The van der Waals surface area contributed by atoms with Crippen molar-refractivity contribution in [1.29, 1.82) is 0 Å². The highest BCUT2D eigenvalue weighted by atomic mass is 16.2. The molecule has 0 radical (unpaired) electrons. The van der Waals surface area contributed by atoms with Crippen LogP contribution in [0, 0.1) is 0 Å². The lowest BCUT2D eigenvalue weighted by Crippen LogP contribution is -2.50. The third-order valence-corrected chi connectivity index (χ3v) is 4.74. The summed E-state index contributed by atoms with van der Waals surface area (Å²) in [5.74, 6) is -0.275. The minimum Gasteiger partial charge on any atom is -0.336 e. The Balaban J connectivity index is 1.48. The standard InChI is InChI=1S/C20H25N5O2/c21-20(9-2-3-10-20)14-24-19(27)23-13-15-6-5-7-16(12-15)25-18(26)17-8-1-4-11-22-17/h1,4-8,11-12H,2-3,9-10,13-14,21H2,(H,25,26)(H2,23,24,27). The highest BCUT2D eigenvalue weighted by molar-refractivity contribution is 6.02. The van der Waals surface area contributed by atoms with Crippen molar-refractivity contribution < 1.29 is 9.59 Å². The van der Waals surface area contributed by atoms with E-state index >= 15 is 0 Å². The normalized spacial score (nSPS) is 15.1. The third kappa shape index (κ3) is 5.52. The maximum atomic E-state index is 12.2. The van der Waals surface area contributed by atoms with E-state index in [9.17, 15) is 9.59 Å². The number of urea groups is 1. The van der Waals surface area contributed by atoms with E-state index in [-0.39, 0.29) is 17.5 Å². The monoisotopic (exact) mass is 367 g/mol. The Morgan fingerprint density at radius 2 is 1.89 bits per heavy atom. The fourth-order valence-electron chi connectivity index (χ4n) is 3.21. The van der Waals surface area contributed by atoms with Gasteiger partial charge in [-0.15, -0.1) is 0 Å². The van der Waals surface area contributed by atoms with Crippen LogP contribution in [0.15, 0.2) is 48.7 Å². The molecular formula is C20H25N5O2. The van der Waals surface area contributed by atoms with Crippen LogP contribution >= 0.6 is 0 Å². The molecule has 3 amide bonds. The van der Waals surface area contributed by atoms with Gasteiger partial charge in [0.15, 0.2) is 0 Å². The van der Waals surface area contributed by atoms with E-state index in [4.69, 9.17) is 5.73 Å². The van der Waals surface area contributed by atoms with E-state index in [2.05, 4.69) is 20.9 Å². The second-order valence-electron chi connectivity index (χ2n) is 6.98. The number of amides is 3. The average molecular weight is 367 g/mol. The molecule has 3 rings (SSSR count). The number of anilines is 1. The van der Waals surface area contributed by atoms with Crippen LogP contribution in [0.4, 0.5) is 10.5 Å². The van der Waals surface area contributed by atoms with Crippen molar-refractivity contribution in [3.05, 3.63) is 59.9 Å². The Labute approximate surface area is 158 Å². The molecule has 0 saturated heterocycles. The van der Waals surface area contributed by atoms with Gasteiger partial charge in [0.1, 0.15) is 5.69 Å². The highest BCUT2D eigenvalue weighted by Crippen LogP contribution is 2.26. The predicted octanol–water partition coefficient (Wildman–Crippen LogP) is 2.40. The van der Waals surface area contributed by atoms with E-state index < -0.39 is 0 Å². The molecule has 7 heteroatoms. The van der Waals surface area contributed by atoms with Crippen molar-refractivity contribution >= 4 is 17.6 Å². The molecule has 1 saturated carbocycles. The van der Waals surface area contributed by atoms with Crippen LogP contribution < -0.4 is 21.7 Å². The molecule has 0 bridgehead atoms. The van der Waals surface area contributed by atoms with Crippen LogP contribution in [0.3, 0.4) is 0 Å². The van der Waals surface area contributed by atoms with Gasteiger partial charge in [-0.05, 0) is 42.7 Å². The summed E-state index contributed by atoms with van der Waals surface area (Å²) in [6.45, 7) is 0.843. The zero-order valence-corrected chi connectivity index (χ0v) is 15.2. The van der Waals surface area contributed by atoms with E-state index in [0.717, 1.165) is 31.2 Å². The molecule has 7 nitrogen and oxygen atoms in total. The minimum absolute atomic E-state index is 0.241. The number of nitrogens with zero attached hydrogens (tertiary/aromatic N) is 1. The first-order chi connectivity index (χ1) is 13.0. The van der Waals surface area contributed by atoms with E-state index in [1.165, 1.54) is 0 Å². The fraction of sp³-hybridized carbons (Fsp3) is 0.350. The van der Waals surface area contributed by atoms with Crippen molar-refractivity contribution in [3.63, 3.8) is 0 Å². The van der Waals surface area contributed by atoms with Gasteiger partial charge in [0.2, 0.25) is 0 Å². The van der Waals surface area contributed by atoms with Crippen LogP contribution in [0.2, 0.25) is 0 Å². The van der Waals surface area contributed by atoms with Gasteiger partial charge in [0.05, 0.1) is 0 Å². The Morgan fingerprint density at radius 3 is 2.63 bits per heavy atom. The SMILES string of the molecule is NC1(CNC(=O)NCc2cccc(NC(=O)c3ccccn3)c2)CCCC1. The summed E-state index contributed by atoms with van der Waals surface area (Å²) in [4.78, 5) is 28.2. The summed E-state index contributed by atoms with van der Waals surface area (Å²) < 4.78 is 0. The maximum Gasteiger partial charge on any atom is 0.315 e. The van der Waals surface area contributed by atoms with Gasteiger partial charge in [0, 0.05) is 30.5 Å². The molecule has 27 heavy (non-hydrogen) atoms. The largest absolute Gasteiger partial charge is 0.336 e. The number of pyridine rings is 1. The second kappa shape index (κ2) is 8.64. The van der Waals surface area contributed by atoms with E-state index in [0.29, 0.717) is 24.5 Å². The molecule has 1 fully saturated rings. The number of aromatic nitrogens is 1. The summed E-state index contributed by atoms with van der Waals surface area (Å²) >= 11 is 0. The van der Waals surface area contributed by atoms with Gasteiger partial charge in [-0.2, -0.15) is 0 Å². The molecule has 1 aromatic heterocycles. The molecule has 2 aromatic rings. The maximum absolute atomic E-state index is 12.2. The van der Waals surface area contributed by atoms with Crippen LogP contribution in [-0.4, -0.2) is 29.0 Å². The number of rotatable bonds is 6. The van der Waals surface area contributed by atoms with Gasteiger partial charge >= 0.3 is 6.03 Å². The number of carbonyl (C=O) groups is 2. The first-order valence-electron chi connectivity index (χ1n) is 9.16. The van der Waals surface area contributed by atoms with Gasteiger partial charge < -0.3 is 21.7 Å². The van der Waals surface area contributed by atoms with Gasteiger partial charge in [-0.25, -0.2) is 4.79 Å². The number of hydrogen-bond acceptors (Lipinski definition) is 4. The molecule has 1 aliphatic rings. The van der Waals surface area contributed by atoms with E-state index in [1.54, 1.807) is 30.5 Å². The first-order valence-corrected chi connectivity index (χ1v) is 9.16. The quantitative estimate of drug-likeness (QED) is 0.628. The Bertz CT molecular complexity index is 788. The lowest BCUT2D eigenvalue weighted by atomic mass is 10.00. The first kappa shape index (κ1) is 18.8. The lowest BCUT2D eigenvalue weighted by molar-refractivity contribution is 0.102. The summed E-state index contributed by atoms with van der Waals surface area (Å²) in [5, 5.41) is 8.48. The molecule has 1 aliphatic carbocycles. The zero-order chi connectivity index (χ0) is 19.1. The minimum atomic E-state index is -0.275. The highest BCUT2D eigenvalue weighted by Gasteiger charge is 2.29. The lowest BCUT2D eigenvalue weighted by Gasteiger charge is -2.23. The predicted molar refractivity (Wildman–Crippen MR) is 104 cm³/mol. The average Bonchev–Trinajstić information content (AvgIpc) is 3.13. The number of nitrogens with one attached hydrogen (secondary N) is 3. The van der Waals surface area contributed by atoms with Gasteiger partial charge in [0.25, 0.3) is 5.91 Å². The Morgan fingerprint density at radius 1 is 1.07 bits per heavy atom. The van der Waals surface area contributed by atoms with Gasteiger partial charge in [-0.3, -0.25) is 9.78 Å². The third-order valence-electron chi connectivity index (χ3n) is 4.74. The van der Waals surface area contributed by atoms with Gasteiger partial charge in [-0.1, -0.05) is 31.0 Å². The number of carbonyl (C=O) groups excluding carboxylic acids is 2. The molecule has 142 valence electrons. The molecule has 0 unspecified atom stereocenters. The molecule has 0 spiro atoms. The molecule has 1 aromatic carbocycles. The molecule has 5 N–H and O–H groups in total. The van der Waals surface area contributed by atoms with Crippen molar-refractivity contribution in [2.45, 2.75) is 37.8 Å². The zero-order valence-electron chi connectivity index (χ0n) is 15.2. The number of hydrogen-bond donors (Lipinski definition) is 4.